The third-order valence-corrected chi connectivity index (χ3v) is 6.76. The molecule has 3 aromatic heterocycles. The monoisotopic (exact) mass is 390 g/mol. The number of aromatic nitrogens is 4. The molecule has 0 amide bonds. The summed E-state index contributed by atoms with van der Waals surface area (Å²) >= 11 is 3.47. The lowest BCUT2D eigenvalue weighted by Crippen LogP contribution is -2.46. The van der Waals surface area contributed by atoms with Crippen LogP contribution in [0.1, 0.15) is 44.1 Å². The second kappa shape index (κ2) is 6.90. The first-order valence-electron chi connectivity index (χ1n) is 9.19. The molecule has 1 aliphatic heterocycles. The van der Waals surface area contributed by atoms with Gasteiger partial charge in [0.15, 0.2) is 0 Å². The predicted octanol–water partition coefficient (Wildman–Crippen LogP) is 3.43. The van der Waals surface area contributed by atoms with Gasteiger partial charge in [0.05, 0.1) is 22.6 Å². The number of imidazole rings is 1. The van der Waals surface area contributed by atoms with E-state index in [-0.39, 0.29) is 5.41 Å². The number of piperazine rings is 1. The van der Waals surface area contributed by atoms with Crippen molar-refractivity contribution in [2.24, 2.45) is 0 Å². The highest BCUT2D eigenvalue weighted by Crippen LogP contribution is 2.28. The molecule has 4 rings (SSSR count). The van der Waals surface area contributed by atoms with E-state index < -0.39 is 0 Å². The number of fused-ring (bicyclic) bond motifs is 1. The summed E-state index contributed by atoms with van der Waals surface area (Å²) in [6.07, 6.45) is 3.10. The average Bonchev–Trinajstić information content (AvgIpc) is 3.28. The molecule has 0 aromatic carbocycles. The van der Waals surface area contributed by atoms with Gasteiger partial charge in [-0.15, -0.1) is 16.4 Å². The Balaban J connectivity index is 1.38. The van der Waals surface area contributed by atoms with Gasteiger partial charge >= 0.3 is 0 Å². The normalized spacial score (nSPS) is 16.7. The van der Waals surface area contributed by atoms with E-state index in [1.807, 2.05) is 4.52 Å². The van der Waals surface area contributed by atoms with Crippen molar-refractivity contribution in [3.05, 3.63) is 28.0 Å². The number of aryl methyl sites for hydroxylation is 1. The van der Waals surface area contributed by atoms with E-state index in [0.29, 0.717) is 0 Å². The van der Waals surface area contributed by atoms with Crippen molar-refractivity contribution >= 4 is 32.8 Å². The molecule has 0 saturated carbocycles. The number of thiazole rings is 1. The van der Waals surface area contributed by atoms with Gasteiger partial charge in [0.25, 0.3) is 0 Å². The molecule has 4 heterocycles. The number of nitrogens with zero attached hydrogens (tertiary/aromatic N) is 6. The van der Waals surface area contributed by atoms with E-state index in [2.05, 4.69) is 49.1 Å². The molecular formula is C18H26N6S2. The molecule has 1 aliphatic rings. The van der Waals surface area contributed by atoms with Gasteiger partial charge in [-0.25, -0.2) is 14.5 Å². The maximum atomic E-state index is 4.76. The van der Waals surface area contributed by atoms with Gasteiger partial charge in [0.2, 0.25) is 10.1 Å². The van der Waals surface area contributed by atoms with Crippen LogP contribution in [0.3, 0.4) is 0 Å². The smallest absolute Gasteiger partial charge is 0.214 e. The summed E-state index contributed by atoms with van der Waals surface area (Å²) in [5.41, 5.74) is 2.37. The van der Waals surface area contributed by atoms with Crippen molar-refractivity contribution in [1.29, 1.82) is 0 Å². The number of rotatable bonds is 4. The highest BCUT2D eigenvalue weighted by atomic mass is 32.1. The molecule has 0 unspecified atom stereocenters. The topological polar surface area (TPSA) is 49.6 Å². The Morgan fingerprint density at radius 1 is 1.12 bits per heavy atom. The molecule has 0 aliphatic carbocycles. The molecule has 26 heavy (non-hydrogen) atoms. The quantitative estimate of drug-likeness (QED) is 0.683. The molecule has 1 saturated heterocycles. The van der Waals surface area contributed by atoms with E-state index >= 15 is 0 Å². The Morgan fingerprint density at radius 2 is 1.88 bits per heavy atom. The summed E-state index contributed by atoms with van der Waals surface area (Å²) in [7, 11) is 0. The van der Waals surface area contributed by atoms with Crippen LogP contribution in [-0.2, 0) is 18.4 Å². The van der Waals surface area contributed by atoms with Gasteiger partial charge in [0.1, 0.15) is 0 Å². The van der Waals surface area contributed by atoms with Gasteiger partial charge in [-0.3, -0.25) is 4.90 Å². The van der Waals surface area contributed by atoms with Crippen molar-refractivity contribution in [3.8, 4) is 0 Å². The number of hydrogen-bond donors (Lipinski definition) is 0. The van der Waals surface area contributed by atoms with Crippen molar-refractivity contribution < 1.29 is 0 Å². The predicted molar refractivity (Wildman–Crippen MR) is 109 cm³/mol. The molecule has 0 atom stereocenters. The fraction of sp³-hybridized carbons (Fsp3) is 0.611. The molecule has 3 aromatic rings. The van der Waals surface area contributed by atoms with Crippen LogP contribution in [0.5, 0.6) is 0 Å². The average molecular weight is 391 g/mol. The highest BCUT2D eigenvalue weighted by Gasteiger charge is 2.23. The lowest BCUT2D eigenvalue weighted by molar-refractivity contribution is 0.247. The van der Waals surface area contributed by atoms with Crippen LogP contribution in [0.25, 0.3) is 4.96 Å². The van der Waals surface area contributed by atoms with E-state index in [9.17, 15) is 0 Å². The highest BCUT2D eigenvalue weighted by molar-refractivity contribution is 7.20. The standard InChI is InChI=1S/C18H26N6S2/c1-5-15-19-13(12-25-15)10-22-6-8-23(9-7-22)17-21-24-11-14(18(2,3)4)20-16(24)26-17/h11-12H,5-10H2,1-4H3. The molecule has 0 spiro atoms. The summed E-state index contributed by atoms with van der Waals surface area (Å²) in [4.78, 5) is 15.3. The largest absolute Gasteiger partial charge is 0.344 e. The van der Waals surface area contributed by atoms with E-state index in [4.69, 9.17) is 15.1 Å². The maximum absolute atomic E-state index is 4.76. The Labute approximate surface area is 162 Å². The molecule has 0 bridgehead atoms. The minimum atomic E-state index is 0.0620. The summed E-state index contributed by atoms with van der Waals surface area (Å²) < 4.78 is 1.94. The molecule has 8 heteroatoms. The van der Waals surface area contributed by atoms with Crippen LogP contribution in [0.4, 0.5) is 5.13 Å². The van der Waals surface area contributed by atoms with Crippen LogP contribution in [0, 0.1) is 0 Å². The van der Waals surface area contributed by atoms with Gasteiger partial charge in [-0.1, -0.05) is 39.0 Å². The Morgan fingerprint density at radius 3 is 2.50 bits per heavy atom. The van der Waals surface area contributed by atoms with Crippen LogP contribution in [0.2, 0.25) is 0 Å². The first-order valence-corrected chi connectivity index (χ1v) is 10.9. The first kappa shape index (κ1) is 17.9. The van der Waals surface area contributed by atoms with Gasteiger partial charge in [-0.05, 0) is 6.42 Å². The third kappa shape index (κ3) is 3.63. The second-order valence-corrected chi connectivity index (χ2v) is 9.71. The van der Waals surface area contributed by atoms with Gasteiger partial charge < -0.3 is 4.90 Å². The van der Waals surface area contributed by atoms with Crippen LogP contribution >= 0.6 is 22.7 Å². The fourth-order valence-electron chi connectivity index (χ4n) is 3.09. The van der Waals surface area contributed by atoms with E-state index in [1.54, 1.807) is 22.7 Å². The zero-order chi connectivity index (χ0) is 18.3. The molecule has 1 fully saturated rings. The summed E-state index contributed by atoms with van der Waals surface area (Å²) in [6.45, 7) is 13.8. The first-order chi connectivity index (χ1) is 12.4. The van der Waals surface area contributed by atoms with Crippen LogP contribution < -0.4 is 4.90 Å². The Kier molecular flexibility index (Phi) is 4.75. The summed E-state index contributed by atoms with van der Waals surface area (Å²) in [5, 5.41) is 9.28. The van der Waals surface area contributed by atoms with Gasteiger partial charge in [0, 0.05) is 43.5 Å². The maximum Gasteiger partial charge on any atom is 0.214 e. The van der Waals surface area contributed by atoms with Crippen LogP contribution in [-0.4, -0.2) is 50.7 Å². The molecule has 0 radical (unpaired) electrons. The molecular weight excluding hydrogens is 364 g/mol. The minimum absolute atomic E-state index is 0.0620. The van der Waals surface area contributed by atoms with E-state index in [1.165, 1.54) is 10.7 Å². The second-order valence-electron chi connectivity index (χ2n) is 7.84. The molecule has 140 valence electrons. The number of hydrogen-bond acceptors (Lipinski definition) is 7. The van der Waals surface area contributed by atoms with E-state index in [0.717, 1.165) is 54.9 Å². The lowest BCUT2D eigenvalue weighted by Gasteiger charge is -2.33. The van der Waals surface area contributed by atoms with Gasteiger partial charge in [-0.2, -0.15) is 0 Å². The van der Waals surface area contributed by atoms with Crippen molar-refractivity contribution in [2.45, 2.75) is 46.1 Å². The molecule has 0 N–H and O–H groups in total. The third-order valence-electron chi connectivity index (χ3n) is 4.73. The fourth-order valence-corrected chi connectivity index (χ4v) is 4.76. The summed E-state index contributed by atoms with van der Waals surface area (Å²) in [5.74, 6) is 0. The SMILES string of the molecule is CCc1nc(CN2CCN(c3nn4cc(C(C)(C)C)nc4s3)CC2)cs1. The minimum Gasteiger partial charge on any atom is -0.344 e. The Hall–Kier alpha value is -1.51. The zero-order valence-corrected chi connectivity index (χ0v) is 17.5. The van der Waals surface area contributed by atoms with Crippen molar-refractivity contribution in [3.63, 3.8) is 0 Å². The zero-order valence-electron chi connectivity index (χ0n) is 15.9. The van der Waals surface area contributed by atoms with Crippen molar-refractivity contribution in [2.75, 3.05) is 31.1 Å². The lowest BCUT2D eigenvalue weighted by atomic mass is 9.93. The molecule has 6 nitrogen and oxygen atoms in total. The van der Waals surface area contributed by atoms with Crippen LogP contribution in [0.15, 0.2) is 11.6 Å². The van der Waals surface area contributed by atoms with Crippen molar-refractivity contribution in [1.82, 2.24) is 24.5 Å². The Bertz CT molecular complexity index is 848. The number of anilines is 1. The summed E-state index contributed by atoms with van der Waals surface area (Å²) in [6, 6.07) is 0.